The second-order valence-electron chi connectivity index (χ2n) is 10.6. The van der Waals surface area contributed by atoms with Crippen LogP contribution in [-0.4, -0.2) is 6.29 Å². The van der Waals surface area contributed by atoms with E-state index in [1.807, 2.05) is 31.2 Å². The van der Waals surface area contributed by atoms with Crippen LogP contribution >= 0.6 is 0 Å². The van der Waals surface area contributed by atoms with E-state index in [0.29, 0.717) is 5.57 Å². The number of aldehydes is 1. The van der Waals surface area contributed by atoms with E-state index in [-0.39, 0.29) is 0 Å². The topological polar surface area (TPSA) is 17.1 Å². The van der Waals surface area contributed by atoms with E-state index in [1.54, 1.807) is 13.0 Å². The molecule has 0 fully saturated rings. The van der Waals surface area contributed by atoms with Crippen LogP contribution in [0.5, 0.6) is 0 Å². The molecule has 0 atom stereocenters. The molecule has 0 rings (SSSR count). The highest BCUT2D eigenvalue weighted by Crippen LogP contribution is 2.08. The molecule has 218 valence electrons. The standard InChI is InChI=1S/C40H52O/c1-33(2)18-12-21-36(5)24-15-27-37(6)25-13-22-34(3)19-10-11-20-35(4)23-14-26-38(7)28-16-29-39(8)30-17-31-40(9)32-41/h10-11,13-20,22-32H,12,21H2,1-9H3. The first-order valence-electron chi connectivity index (χ1n) is 14.4. The molecule has 41 heavy (non-hydrogen) atoms. The van der Waals surface area contributed by atoms with Crippen molar-refractivity contribution in [2.24, 2.45) is 0 Å². The fourth-order valence-corrected chi connectivity index (χ4v) is 3.17. The molecule has 0 aliphatic heterocycles. The first-order chi connectivity index (χ1) is 19.5. The lowest BCUT2D eigenvalue weighted by molar-refractivity contribution is -0.104. The number of carbonyl (C=O) groups excluding carboxylic acids is 1. The molecule has 0 bridgehead atoms. The van der Waals surface area contributed by atoms with Crippen molar-refractivity contribution in [3.05, 3.63) is 166 Å². The van der Waals surface area contributed by atoms with Crippen LogP contribution in [0.2, 0.25) is 0 Å². The van der Waals surface area contributed by atoms with Crippen molar-refractivity contribution in [3.8, 4) is 0 Å². The molecule has 0 aromatic carbocycles. The van der Waals surface area contributed by atoms with Crippen LogP contribution < -0.4 is 0 Å². The highest BCUT2D eigenvalue weighted by atomic mass is 16.1. The maximum atomic E-state index is 10.6. The van der Waals surface area contributed by atoms with Crippen LogP contribution in [-0.2, 0) is 4.79 Å². The smallest absolute Gasteiger partial charge is 0.145 e. The summed E-state index contributed by atoms with van der Waals surface area (Å²) in [7, 11) is 0. The molecule has 1 heteroatoms. The van der Waals surface area contributed by atoms with E-state index in [1.165, 1.54) is 33.4 Å². The van der Waals surface area contributed by atoms with Crippen LogP contribution in [0.4, 0.5) is 0 Å². The van der Waals surface area contributed by atoms with Crippen molar-refractivity contribution in [1.29, 1.82) is 0 Å². The lowest BCUT2D eigenvalue weighted by atomic mass is 10.1. The first kappa shape index (κ1) is 37.0. The molecule has 0 saturated heterocycles. The van der Waals surface area contributed by atoms with Crippen LogP contribution in [0.1, 0.15) is 75.2 Å². The van der Waals surface area contributed by atoms with E-state index in [9.17, 15) is 4.79 Å². The Morgan fingerprint density at radius 1 is 0.415 bits per heavy atom. The maximum Gasteiger partial charge on any atom is 0.145 e. The van der Waals surface area contributed by atoms with Crippen molar-refractivity contribution in [2.75, 3.05) is 0 Å². The number of rotatable bonds is 16. The molecule has 0 heterocycles. The summed E-state index contributed by atoms with van der Waals surface area (Å²) in [4.78, 5) is 10.6. The molecule has 0 unspecified atom stereocenters. The Hall–Kier alpha value is -3.97. The summed E-state index contributed by atoms with van der Waals surface area (Å²) in [6.45, 7) is 18.7. The Balaban J connectivity index is 4.77. The maximum absolute atomic E-state index is 10.6. The molecule has 0 aliphatic rings. The summed E-state index contributed by atoms with van der Waals surface area (Å²) < 4.78 is 0. The molecule has 0 radical (unpaired) electrons. The molecule has 0 N–H and O–H groups in total. The van der Waals surface area contributed by atoms with Gasteiger partial charge in [0, 0.05) is 0 Å². The molecule has 0 amide bonds. The fraction of sp³-hybridized carbons (Fsp3) is 0.275. The Kier molecular flexibility index (Phi) is 21.6. The summed E-state index contributed by atoms with van der Waals surface area (Å²) in [6, 6.07) is 0. The Labute approximate surface area is 251 Å². The van der Waals surface area contributed by atoms with Gasteiger partial charge in [-0.25, -0.2) is 0 Å². The summed E-state index contributed by atoms with van der Waals surface area (Å²) in [6.07, 6.45) is 44.6. The van der Waals surface area contributed by atoms with E-state index in [2.05, 4.69) is 140 Å². The highest BCUT2D eigenvalue weighted by Gasteiger charge is 1.87. The van der Waals surface area contributed by atoms with Gasteiger partial charge in [0.15, 0.2) is 0 Å². The van der Waals surface area contributed by atoms with Crippen molar-refractivity contribution < 1.29 is 4.79 Å². The third-order valence-corrected chi connectivity index (χ3v) is 5.72. The second-order valence-corrected chi connectivity index (χ2v) is 10.6. The average molecular weight is 549 g/mol. The van der Waals surface area contributed by atoms with E-state index in [0.717, 1.165) is 24.7 Å². The summed E-state index contributed by atoms with van der Waals surface area (Å²) >= 11 is 0. The molecule has 0 saturated carbocycles. The van der Waals surface area contributed by atoms with Crippen molar-refractivity contribution in [3.63, 3.8) is 0 Å². The van der Waals surface area contributed by atoms with Crippen molar-refractivity contribution in [2.45, 2.75) is 75.2 Å². The Morgan fingerprint density at radius 3 is 1.07 bits per heavy atom. The Bertz CT molecular complexity index is 1240. The largest absolute Gasteiger partial charge is 0.298 e. The van der Waals surface area contributed by atoms with Gasteiger partial charge in [-0.1, -0.05) is 161 Å². The summed E-state index contributed by atoms with van der Waals surface area (Å²) in [5.74, 6) is 0. The van der Waals surface area contributed by atoms with E-state index < -0.39 is 0 Å². The van der Waals surface area contributed by atoms with Gasteiger partial charge in [-0.3, -0.25) is 4.79 Å². The predicted octanol–water partition coefficient (Wildman–Crippen LogP) is 11.9. The van der Waals surface area contributed by atoms with Gasteiger partial charge >= 0.3 is 0 Å². The number of hydrogen-bond donors (Lipinski definition) is 0. The minimum atomic E-state index is 0.710. The second kappa shape index (κ2) is 23.9. The minimum Gasteiger partial charge on any atom is -0.298 e. The van der Waals surface area contributed by atoms with Gasteiger partial charge in [0.2, 0.25) is 0 Å². The highest BCUT2D eigenvalue weighted by molar-refractivity contribution is 5.72. The van der Waals surface area contributed by atoms with Gasteiger partial charge < -0.3 is 0 Å². The zero-order chi connectivity index (χ0) is 30.9. The van der Waals surface area contributed by atoms with Crippen LogP contribution in [0.25, 0.3) is 0 Å². The van der Waals surface area contributed by atoms with Gasteiger partial charge in [-0.15, -0.1) is 0 Å². The molecule has 0 aromatic heterocycles. The molecule has 0 spiro atoms. The summed E-state index contributed by atoms with van der Waals surface area (Å²) in [5.41, 5.74) is 9.38. The lowest BCUT2D eigenvalue weighted by Gasteiger charge is -1.96. The molecule has 0 aromatic rings. The quantitative estimate of drug-likeness (QED) is 0.0811. The normalized spacial score (nSPS) is 15.7. The summed E-state index contributed by atoms with van der Waals surface area (Å²) in [5, 5.41) is 0. The first-order valence-corrected chi connectivity index (χ1v) is 14.4. The van der Waals surface area contributed by atoms with Crippen LogP contribution in [0, 0.1) is 0 Å². The van der Waals surface area contributed by atoms with Gasteiger partial charge in [-0.2, -0.15) is 0 Å². The predicted molar refractivity (Wildman–Crippen MR) is 186 cm³/mol. The minimum absolute atomic E-state index is 0.710. The third kappa shape index (κ3) is 24.8. The zero-order valence-electron chi connectivity index (χ0n) is 26.9. The van der Waals surface area contributed by atoms with Crippen LogP contribution in [0.15, 0.2) is 166 Å². The zero-order valence-corrected chi connectivity index (χ0v) is 26.9. The molecule has 0 aliphatic carbocycles. The molecular weight excluding hydrogens is 496 g/mol. The van der Waals surface area contributed by atoms with Gasteiger partial charge in [0.25, 0.3) is 0 Å². The molecule has 1 nitrogen and oxygen atoms in total. The molecular formula is C40H52O. The van der Waals surface area contributed by atoms with Gasteiger partial charge in [0.05, 0.1) is 0 Å². The van der Waals surface area contributed by atoms with E-state index in [4.69, 9.17) is 0 Å². The number of allylic oxidation sites excluding steroid dienone is 28. The van der Waals surface area contributed by atoms with Crippen LogP contribution in [0.3, 0.4) is 0 Å². The SMILES string of the molecule is CC(C)=CCCC(C)=CC=CC(C)=CC=CC(C)=CC=CC=C(C)C=CC=C(C)C=CC=C(C)C=CC=C(C)C=O. The lowest BCUT2D eigenvalue weighted by Crippen LogP contribution is -1.76. The average Bonchev–Trinajstić information content (AvgIpc) is 2.90. The monoisotopic (exact) mass is 548 g/mol. The van der Waals surface area contributed by atoms with E-state index >= 15 is 0 Å². The Morgan fingerprint density at radius 2 is 0.732 bits per heavy atom. The number of hydrogen-bond acceptors (Lipinski definition) is 1. The fourth-order valence-electron chi connectivity index (χ4n) is 3.17. The van der Waals surface area contributed by atoms with Crippen molar-refractivity contribution in [1.82, 2.24) is 0 Å². The third-order valence-electron chi connectivity index (χ3n) is 5.72. The van der Waals surface area contributed by atoms with Gasteiger partial charge in [0.1, 0.15) is 6.29 Å². The number of carbonyl (C=O) groups is 1. The van der Waals surface area contributed by atoms with Gasteiger partial charge in [-0.05, 0) is 80.7 Å². The van der Waals surface area contributed by atoms with Crippen molar-refractivity contribution >= 4 is 6.29 Å².